The zero-order valence-corrected chi connectivity index (χ0v) is 32.2. The van der Waals surface area contributed by atoms with Crippen LogP contribution >= 0.6 is 0 Å². The molecule has 10 rings (SSSR count). The first-order chi connectivity index (χ1) is 28.9. The van der Waals surface area contributed by atoms with Gasteiger partial charge in [0, 0.05) is 64.0 Å². The molecule has 7 aromatic rings. The number of carbonyl (C=O) groups excluding carboxylic acids is 3. The average Bonchev–Trinajstić information content (AvgIpc) is 4.12. The van der Waals surface area contributed by atoms with E-state index >= 15 is 0 Å². The van der Waals surface area contributed by atoms with Crippen LogP contribution in [0, 0.1) is 5.92 Å². The highest BCUT2D eigenvalue weighted by Gasteiger charge is 2.46. The number of rotatable bonds is 5. The van der Waals surface area contributed by atoms with E-state index in [9.17, 15) is 14.4 Å². The Balaban J connectivity index is 1.42. The Hall–Kier alpha value is -7.91. The Bertz CT molecular complexity index is 3050. The third kappa shape index (κ3) is 5.99. The van der Waals surface area contributed by atoms with Gasteiger partial charge >= 0.3 is 6.03 Å². The van der Waals surface area contributed by atoms with Gasteiger partial charge in [0.05, 0.1) is 22.8 Å². The number of imide groups is 2. The van der Waals surface area contributed by atoms with Gasteiger partial charge in [-0.1, -0.05) is 121 Å². The minimum atomic E-state index is -1.33. The van der Waals surface area contributed by atoms with E-state index in [4.69, 9.17) is 9.97 Å². The lowest BCUT2D eigenvalue weighted by atomic mass is 9.88. The summed E-state index contributed by atoms with van der Waals surface area (Å²) < 4.78 is 0. The summed E-state index contributed by atoms with van der Waals surface area (Å²) in [7, 11) is 2.81. The van der Waals surface area contributed by atoms with Crippen molar-refractivity contribution in [1.29, 1.82) is 0 Å². The van der Waals surface area contributed by atoms with Crippen molar-refractivity contribution in [3.63, 3.8) is 0 Å². The van der Waals surface area contributed by atoms with Crippen molar-refractivity contribution in [2.75, 3.05) is 14.1 Å². The van der Waals surface area contributed by atoms with Crippen molar-refractivity contribution < 1.29 is 14.4 Å². The number of urea groups is 1. The number of nitrogens with zero attached hydrogens (tertiary/aromatic N) is 4. The zero-order chi connectivity index (χ0) is 40.2. The normalized spacial score (nSPS) is 14.3. The molecule has 1 fully saturated rings. The summed E-state index contributed by atoms with van der Waals surface area (Å²) in [6.45, 7) is 0. The van der Waals surface area contributed by atoms with Gasteiger partial charge < -0.3 is 9.97 Å². The van der Waals surface area contributed by atoms with Gasteiger partial charge in [-0.25, -0.2) is 14.8 Å². The Morgan fingerprint density at radius 1 is 0.441 bits per heavy atom. The van der Waals surface area contributed by atoms with Crippen molar-refractivity contribution in [2.24, 2.45) is 5.92 Å². The third-order valence-electron chi connectivity index (χ3n) is 11.2. The quantitative estimate of drug-likeness (QED) is 0.169. The lowest BCUT2D eigenvalue weighted by molar-refractivity contribution is -0.144. The number of fused-ring (bicyclic) bond motifs is 8. The molecule has 9 nitrogen and oxygen atoms in total. The molecule has 2 N–H and O–H groups in total. The minimum Gasteiger partial charge on any atom is -0.354 e. The monoisotopic (exact) mass is 768 g/mol. The zero-order valence-electron chi connectivity index (χ0n) is 32.2. The van der Waals surface area contributed by atoms with E-state index in [1.807, 2.05) is 121 Å². The smallest absolute Gasteiger partial charge is 0.332 e. The Kier molecular flexibility index (Phi) is 8.56. The number of nitrogens with one attached hydrogen (secondary N) is 2. The van der Waals surface area contributed by atoms with Crippen LogP contribution < -0.4 is 0 Å². The summed E-state index contributed by atoms with van der Waals surface area (Å²) in [5, 5.41) is 0. The SMILES string of the molecule is CN1C(=O)C(C2=Cc3nc2c(-c2ccccc2)c2ccc([nH]2)c(-c2ccccc2)c2nc(c(-c4ccccc4)c4ccc([nH]4)c3-c3ccccc3)C=C2)C(=O)N(C)C1=O. The molecule has 8 bridgehead atoms. The molecule has 0 radical (unpaired) electrons. The van der Waals surface area contributed by atoms with Crippen LogP contribution in [0.5, 0.6) is 0 Å². The van der Waals surface area contributed by atoms with Gasteiger partial charge in [-0.2, -0.15) is 0 Å². The molecule has 0 atom stereocenters. The number of aromatic nitrogens is 4. The molecule has 3 aliphatic heterocycles. The second kappa shape index (κ2) is 14.2. The maximum atomic E-state index is 14.2. The summed E-state index contributed by atoms with van der Waals surface area (Å²) >= 11 is 0. The fourth-order valence-corrected chi connectivity index (χ4v) is 8.33. The second-order valence-electron chi connectivity index (χ2n) is 14.7. The third-order valence-corrected chi connectivity index (χ3v) is 11.2. The van der Waals surface area contributed by atoms with Gasteiger partial charge in [-0.3, -0.25) is 19.4 Å². The standard InChI is InChI=1S/C50H36N6O3/c1-55-48(57)46(49(58)56(2)50(55)59)34-29-41-44(32-19-11-5-12-20-32)39-26-25-37(52-39)42(30-15-7-3-8-16-30)35-23-24-36(51-35)43(31-17-9-4-10-18-31)38-27-28-40(53-38)45(47(34)54-41)33-21-13-6-14-22-33/h3-29,46,52-53H,1-2H3. The summed E-state index contributed by atoms with van der Waals surface area (Å²) in [6, 6.07) is 47.6. The fourth-order valence-electron chi connectivity index (χ4n) is 8.33. The lowest BCUT2D eigenvalue weighted by Gasteiger charge is -2.33. The predicted molar refractivity (Wildman–Crippen MR) is 234 cm³/mol. The second-order valence-corrected chi connectivity index (χ2v) is 14.7. The van der Waals surface area contributed by atoms with Gasteiger partial charge in [0.1, 0.15) is 5.92 Å². The number of carbonyl (C=O) groups is 3. The number of aromatic amines is 2. The molecule has 0 saturated carbocycles. The maximum Gasteiger partial charge on any atom is 0.332 e. The van der Waals surface area contributed by atoms with Crippen LogP contribution in [-0.2, 0) is 9.59 Å². The first-order valence-corrected chi connectivity index (χ1v) is 19.4. The van der Waals surface area contributed by atoms with E-state index in [2.05, 4.69) is 52.5 Å². The molecule has 6 heterocycles. The van der Waals surface area contributed by atoms with Crippen LogP contribution in [0.3, 0.4) is 0 Å². The predicted octanol–water partition coefficient (Wildman–Crippen LogP) is 10.4. The molecule has 59 heavy (non-hydrogen) atoms. The van der Waals surface area contributed by atoms with Gasteiger partial charge in [-0.05, 0) is 64.7 Å². The molecule has 4 amide bonds. The number of barbiturate groups is 1. The molecule has 284 valence electrons. The fraction of sp³-hybridized carbons (Fsp3) is 0.0600. The highest BCUT2D eigenvalue weighted by molar-refractivity contribution is 6.24. The van der Waals surface area contributed by atoms with Crippen molar-refractivity contribution >= 4 is 63.7 Å². The topological polar surface area (TPSA) is 115 Å². The molecule has 3 aromatic heterocycles. The lowest BCUT2D eigenvalue weighted by Crippen LogP contribution is -2.57. The number of amides is 4. The first kappa shape index (κ1) is 35.5. The summed E-state index contributed by atoms with van der Waals surface area (Å²) in [5.41, 5.74) is 13.1. The van der Waals surface area contributed by atoms with E-state index in [1.165, 1.54) is 14.1 Å². The Morgan fingerprint density at radius 2 is 0.797 bits per heavy atom. The van der Waals surface area contributed by atoms with Gasteiger partial charge in [0.25, 0.3) is 0 Å². The highest BCUT2D eigenvalue weighted by Crippen LogP contribution is 2.43. The summed E-state index contributed by atoms with van der Waals surface area (Å²) in [4.78, 5) is 61.8. The van der Waals surface area contributed by atoms with Crippen LogP contribution in [-0.4, -0.2) is 61.7 Å². The molecule has 4 aromatic carbocycles. The molecule has 0 spiro atoms. The van der Waals surface area contributed by atoms with Crippen molar-refractivity contribution in [3.05, 3.63) is 168 Å². The molecular weight excluding hydrogens is 733 g/mol. The van der Waals surface area contributed by atoms with Crippen molar-refractivity contribution in [2.45, 2.75) is 0 Å². The van der Waals surface area contributed by atoms with Gasteiger partial charge in [-0.15, -0.1) is 0 Å². The van der Waals surface area contributed by atoms with Crippen LogP contribution in [0.4, 0.5) is 4.79 Å². The molecule has 0 unspecified atom stereocenters. The van der Waals surface area contributed by atoms with Crippen LogP contribution in [0.15, 0.2) is 146 Å². The van der Waals surface area contributed by atoms with E-state index in [-0.39, 0.29) is 0 Å². The van der Waals surface area contributed by atoms with Gasteiger partial charge in [0.15, 0.2) is 0 Å². The number of hydrogen-bond acceptors (Lipinski definition) is 5. The van der Waals surface area contributed by atoms with Crippen LogP contribution in [0.2, 0.25) is 0 Å². The average molecular weight is 769 g/mol. The van der Waals surface area contributed by atoms with Crippen molar-refractivity contribution in [1.82, 2.24) is 29.7 Å². The Labute approximate surface area is 339 Å². The van der Waals surface area contributed by atoms with E-state index in [0.29, 0.717) is 22.5 Å². The Morgan fingerprint density at radius 3 is 1.20 bits per heavy atom. The largest absolute Gasteiger partial charge is 0.354 e. The van der Waals surface area contributed by atoms with E-state index < -0.39 is 23.8 Å². The number of hydrogen-bond donors (Lipinski definition) is 2. The van der Waals surface area contributed by atoms with Crippen LogP contribution in [0.1, 0.15) is 22.8 Å². The minimum absolute atomic E-state index is 0.395. The maximum absolute atomic E-state index is 14.2. The highest BCUT2D eigenvalue weighted by atomic mass is 16.2. The van der Waals surface area contributed by atoms with E-state index in [1.54, 1.807) is 0 Å². The van der Waals surface area contributed by atoms with Gasteiger partial charge in [0.2, 0.25) is 11.8 Å². The molecule has 0 aliphatic carbocycles. The summed E-state index contributed by atoms with van der Waals surface area (Å²) in [5.74, 6) is -2.57. The number of benzene rings is 4. The molecule has 1 saturated heterocycles. The summed E-state index contributed by atoms with van der Waals surface area (Å²) in [6.07, 6.45) is 5.97. The molecule has 3 aliphatic rings. The molecule has 9 heteroatoms. The van der Waals surface area contributed by atoms with Crippen LogP contribution in [0.25, 0.3) is 90.4 Å². The first-order valence-electron chi connectivity index (χ1n) is 19.4. The van der Waals surface area contributed by atoms with E-state index in [0.717, 1.165) is 82.2 Å². The number of H-pyrrole nitrogens is 2. The molecular formula is C50H36N6O3. The van der Waals surface area contributed by atoms with Crippen molar-refractivity contribution in [3.8, 4) is 44.5 Å².